The van der Waals surface area contributed by atoms with Crippen molar-refractivity contribution in [1.82, 2.24) is 9.78 Å². The number of carbonyl (C=O) groups excluding carboxylic acids is 2. The highest BCUT2D eigenvalue weighted by atomic mass is 16.6. The van der Waals surface area contributed by atoms with Gasteiger partial charge in [-0.1, -0.05) is 0 Å². The first kappa shape index (κ1) is 10.3. The van der Waals surface area contributed by atoms with Gasteiger partial charge in [0.1, 0.15) is 0 Å². The molecule has 0 saturated heterocycles. The topological polar surface area (TPSA) is 121 Å². The van der Waals surface area contributed by atoms with E-state index in [1.807, 2.05) is 0 Å². The van der Waals surface area contributed by atoms with Gasteiger partial charge in [0.2, 0.25) is 5.69 Å². The fourth-order valence-corrected chi connectivity index (χ4v) is 1.74. The molecule has 2 heterocycles. The molecule has 0 aliphatic carbocycles. The molecular formula is C8H8N4O4. The van der Waals surface area contributed by atoms with Gasteiger partial charge in [-0.05, 0) is 6.42 Å². The lowest BCUT2D eigenvalue weighted by Gasteiger charge is -2.10. The molecule has 2 rings (SSSR count). The Balaban J connectivity index is 2.71. The van der Waals surface area contributed by atoms with Crippen LogP contribution in [0.1, 0.15) is 33.8 Å². The van der Waals surface area contributed by atoms with Crippen LogP contribution in [-0.4, -0.2) is 26.4 Å². The number of aromatic nitrogens is 2. The third kappa shape index (κ3) is 1.35. The molecule has 1 aliphatic heterocycles. The lowest BCUT2D eigenvalue weighted by molar-refractivity contribution is -0.385. The van der Waals surface area contributed by atoms with E-state index in [0.717, 1.165) is 0 Å². The molecule has 0 unspecified atom stereocenters. The first-order valence-electron chi connectivity index (χ1n) is 4.60. The number of hydrogen-bond donors (Lipinski definition) is 1. The maximum atomic E-state index is 11.5. The van der Waals surface area contributed by atoms with Gasteiger partial charge in [0.05, 0.1) is 4.92 Å². The second-order valence-electron chi connectivity index (χ2n) is 3.42. The van der Waals surface area contributed by atoms with E-state index in [-0.39, 0.29) is 17.9 Å². The first-order chi connectivity index (χ1) is 7.52. The number of ketones is 1. The molecule has 8 heteroatoms. The molecule has 0 fully saturated rings. The Morgan fingerprint density at radius 3 is 2.81 bits per heavy atom. The second kappa shape index (κ2) is 3.40. The van der Waals surface area contributed by atoms with Crippen molar-refractivity contribution in [2.75, 3.05) is 0 Å². The molecule has 1 aliphatic rings. The smallest absolute Gasteiger partial charge is 0.331 e. The Labute approximate surface area is 89.2 Å². The van der Waals surface area contributed by atoms with Crippen LogP contribution in [-0.2, 0) is 6.54 Å². The van der Waals surface area contributed by atoms with Crippen LogP contribution in [0.15, 0.2) is 0 Å². The number of fused-ring (bicyclic) bond motifs is 1. The third-order valence-electron chi connectivity index (χ3n) is 2.38. The van der Waals surface area contributed by atoms with Crippen LogP contribution in [0.2, 0.25) is 0 Å². The number of hydrogen-bond acceptors (Lipinski definition) is 5. The Kier molecular flexibility index (Phi) is 2.18. The number of nitro groups is 1. The van der Waals surface area contributed by atoms with Crippen molar-refractivity contribution >= 4 is 17.4 Å². The largest absolute Gasteiger partial charge is 0.364 e. The lowest BCUT2D eigenvalue weighted by atomic mass is 10.1. The summed E-state index contributed by atoms with van der Waals surface area (Å²) in [4.78, 5) is 32.5. The van der Waals surface area contributed by atoms with Crippen LogP contribution in [0.4, 0.5) is 5.69 Å². The molecule has 0 saturated carbocycles. The summed E-state index contributed by atoms with van der Waals surface area (Å²) in [5.74, 6) is -1.38. The summed E-state index contributed by atoms with van der Waals surface area (Å²) in [6, 6.07) is 0. The van der Waals surface area contributed by atoms with Gasteiger partial charge >= 0.3 is 5.69 Å². The van der Waals surface area contributed by atoms with Crippen LogP contribution < -0.4 is 5.73 Å². The average Bonchev–Trinajstić information content (AvgIpc) is 2.58. The number of amides is 1. The van der Waals surface area contributed by atoms with Gasteiger partial charge in [0.25, 0.3) is 5.91 Å². The van der Waals surface area contributed by atoms with Crippen LogP contribution in [0, 0.1) is 10.1 Å². The monoisotopic (exact) mass is 224 g/mol. The number of rotatable bonds is 2. The fourth-order valence-electron chi connectivity index (χ4n) is 1.74. The molecule has 1 amide bonds. The normalized spacial score (nSPS) is 14.6. The molecular weight excluding hydrogens is 216 g/mol. The van der Waals surface area contributed by atoms with Gasteiger partial charge in [-0.15, -0.1) is 0 Å². The van der Waals surface area contributed by atoms with Gasteiger partial charge in [-0.25, -0.2) is 0 Å². The highest BCUT2D eigenvalue weighted by Gasteiger charge is 2.36. The van der Waals surface area contributed by atoms with Crippen LogP contribution in [0.5, 0.6) is 0 Å². The molecule has 0 aromatic carbocycles. The van der Waals surface area contributed by atoms with Gasteiger partial charge < -0.3 is 5.73 Å². The van der Waals surface area contributed by atoms with Crippen molar-refractivity contribution < 1.29 is 14.5 Å². The van der Waals surface area contributed by atoms with Crippen molar-refractivity contribution in [3.63, 3.8) is 0 Å². The molecule has 0 radical (unpaired) electrons. The number of carbonyl (C=O) groups is 2. The van der Waals surface area contributed by atoms with Crippen molar-refractivity contribution in [1.29, 1.82) is 0 Å². The van der Waals surface area contributed by atoms with E-state index in [1.54, 1.807) is 0 Å². The van der Waals surface area contributed by atoms with E-state index in [1.165, 1.54) is 4.68 Å². The number of primary amides is 1. The SMILES string of the molecule is NC(=O)c1nn2c(c1[N+](=O)[O-])C(=O)CCC2. The predicted octanol–water partition coefficient (Wildman–Crippen LogP) is -0.133. The second-order valence-corrected chi connectivity index (χ2v) is 3.42. The summed E-state index contributed by atoms with van der Waals surface area (Å²) in [5.41, 5.74) is 3.84. The molecule has 0 bridgehead atoms. The molecule has 84 valence electrons. The van der Waals surface area contributed by atoms with Gasteiger partial charge in [0.15, 0.2) is 11.5 Å². The molecule has 16 heavy (non-hydrogen) atoms. The Morgan fingerprint density at radius 1 is 1.56 bits per heavy atom. The Hall–Kier alpha value is -2.25. The standard InChI is InChI=1S/C8H8N4O4/c9-8(14)5-7(12(15)16)6-4(13)2-1-3-11(6)10-5/h1-3H2,(H2,9,14). The number of nitrogens with two attached hydrogens (primary N) is 1. The number of aryl methyl sites for hydroxylation is 1. The molecule has 0 spiro atoms. The summed E-state index contributed by atoms with van der Waals surface area (Å²) in [6.45, 7) is 0.384. The Bertz CT molecular complexity index is 504. The van der Waals surface area contributed by atoms with Crippen LogP contribution >= 0.6 is 0 Å². The van der Waals surface area contributed by atoms with Gasteiger partial charge in [-0.3, -0.25) is 24.4 Å². The first-order valence-corrected chi connectivity index (χ1v) is 4.60. The summed E-state index contributed by atoms with van der Waals surface area (Å²) in [7, 11) is 0. The highest BCUT2D eigenvalue weighted by molar-refractivity contribution is 6.04. The molecule has 0 atom stereocenters. The fraction of sp³-hybridized carbons (Fsp3) is 0.375. The van der Waals surface area contributed by atoms with Crippen molar-refractivity contribution in [2.24, 2.45) is 5.73 Å². The zero-order valence-corrected chi connectivity index (χ0v) is 8.17. The molecule has 1 aromatic rings. The van der Waals surface area contributed by atoms with Gasteiger partial charge in [-0.2, -0.15) is 5.10 Å². The minimum absolute atomic E-state index is 0.120. The minimum Gasteiger partial charge on any atom is -0.364 e. The maximum Gasteiger partial charge on any atom is 0.331 e. The summed E-state index contributed by atoms with van der Waals surface area (Å²) >= 11 is 0. The van der Waals surface area contributed by atoms with E-state index < -0.39 is 22.2 Å². The average molecular weight is 224 g/mol. The minimum atomic E-state index is -0.999. The zero-order valence-electron chi connectivity index (χ0n) is 8.17. The summed E-state index contributed by atoms with van der Waals surface area (Å²) < 4.78 is 1.18. The maximum absolute atomic E-state index is 11.5. The summed E-state index contributed by atoms with van der Waals surface area (Å²) in [5, 5.41) is 14.5. The van der Waals surface area contributed by atoms with E-state index >= 15 is 0 Å². The van der Waals surface area contributed by atoms with Crippen molar-refractivity contribution in [3.8, 4) is 0 Å². The van der Waals surface area contributed by atoms with E-state index in [0.29, 0.717) is 13.0 Å². The molecule has 2 N–H and O–H groups in total. The molecule has 1 aromatic heterocycles. The zero-order chi connectivity index (χ0) is 11.9. The lowest BCUT2D eigenvalue weighted by Crippen LogP contribution is -2.18. The number of Topliss-reactive ketones (excluding diaryl/α,β-unsaturated/α-hetero) is 1. The highest BCUT2D eigenvalue weighted by Crippen LogP contribution is 2.27. The Morgan fingerprint density at radius 2 is 2.25 bits per heavy atom. The van der Waals surface area contributed by atoms with E-state index in [4.69, 9.17) is 5.73 Å². The number of nitrogens with zero attached hydrogens (tertiary/aromatic N) is 3. The predicted molar refractivity (Wildman–Crippen MR) is 51.0 cm³/mol. The summed E-state index contributed by atoms with van der Waals surface area (Å²) in [6.07, 6.45) is 0.785. The van der Waals surface area contributed by atoms with Crippen molar-refractivity contribution in [2.45, 2.75) is 19.4 Å². The molecule has 8 nitrogen and oxygen atoms in total. The van der Waals surface area contributed by atoms with E-state index in [9.17, 15) is 19.7 Å². The van der Waals surface area contributed by atoms with Crippen molar-refractivity contribution in [3.05, 3.63) is 21.5 Å². The van der Waals surface area contributed by atoms with Gasteiger partial charge in [0, 0.05) is 13.0 Å². The quantitative estimate of drug-likeness (QED) is 0.553. The van der Waals surface area contributed by atoms with E-state index in [2.05, 4.69) is 5.10 Å². The van der Waals surface area contributed by atoms with Crippen LogP contribution in [0.3, 0.4) is 0 Å². The van der Waals surface area contributed by atoms with Crippen LogP contribution in [0.25, 0.3) is 0 Å². The third-order valence-corrected chi connectivity index (χ3v) is 2.38.